The van der Waals surface area contributed by atoms with E-state index in [9.17, 15) is 9.59 Å². The van der Waals surface area contributed by atoms with E-state index in [1.54, 1.807) is 4.90 Å². The Morgan fingerprint density at radius 1 is 1.00 bits per heavy atom. The molecule has 0 spiro atoms. The van der Waals surface area contributed by atoms with E-state index in [-0.39, 0.29) is 11.8 Å². The fourth-order valence-electron chi connectivity index (χ4n) is 4.29. The molecule has 0 unspecified atom stereocenters. The number of nitrogens with zero attached hydrogens (tertiary/aromatic N) is 1. The Morgan fingerprint density at radius 3 is 2.36 bits per heavy atom. The smallest absolute Gasteiger partial charge is 0.255 e. The van der Waals surface area contributed by atoms with Crippen LogP contribution in [0.3, 0.4) is 0 Å². The molecule has 1 N–H and O–H groups in total. The summed E-state index contributed by atoms with van der Waals surface area (Å²) in [5, 5.41) is 3.07. The summed E-state index contributed by atoms with van der Waals surface area (Å²) >= 11 is 0. The van der Waals surface area contributed by atoms with Crippen molar-refractivity contribution in [3.63, 3.8) is 0 Å². The zero-order valence-corrected chi connectivity index (χ0v) is 19.4. The van der Waals surface area contributed by atoms with Crippen LogP contribution in [0.4, 0.5) is 0 Å². The predicted octanol–water partition coefficient (Wildman–Crippen LogP) is 4.67. The lowest BCUT2D eigenvalue weighted by atomic mass is 9.82. The van der Waals surface area contributed by atoms with Crippen molar-refractivity contribution in [1.29, 1.82) is 0 Å². The second kappa shape index (κ2) is 9.49. The molecule has 0 aromatic heterocycles. The minimum atomic E-state index is -1.01. The molecule has 3 aromatic rings. The van der Waals surface area contributed by atoms with Gasteiger partial charge in [-0.1, -0.05) is 60.2 Å². The van der Waals surface area contributed by atoms with Crippen molar-refractivity contribution in [2.75, 3.05) is 6.61 Å². The van der Waals surface area contributed by atoms with Crippen LogP contribution in [-0.2, 0) is 24.3 Å². The number of hydrogen-bond donors (Lipinski definition) is 1. The van der Waals surface area contributed by atoms with Crippen LogP contribution in [-0.4, -0.2) is 28.9 Å². The first-order valence-electron chi connectivity index (χ1n) is 11.4. The maximum Gasteiger partial charge on any atom is 0.255 e. The first-order chi connectivity index (χ1) is 15.9. The predicted molar refractivity (Wildman–Crippen MR) is 129 cm³/mol. The SMILES string of the molecule is CCOc1ccc(CN2C(=O)c3ccccc3C[C@@]2(C)C(=O)NCc2ccc(C)cc2)cc1. The van der Waals surface area contributed by atoms with Crippen molar-refractivity contribution in [3.8, 4) is 5.75 Å². The highest BCUT2D eigenvalue weighted by Gasteiger charge is 2.46. The Morgan fingerprint density at radius 2 is 1.67 bits per heavy atom. The number of amides is 2. The van der Waals surface area contributed by atoms with Gasteiger partial charge in [0.1, 0.15) is 11.3 Å². The third kappa shape index (κ3) is 4.77. The molecule has 0 fully saturated rings. The van der Waals surface area contributed by atoms with E-state index < -0.39 is 5.54 Å². The summed E-state index contributed by atoms with van der Waals surface area (Å²) in [5.41, 5.74) is 3.70. The highest BCUT2D eigenvalue weighted by molar-refractivity contribution is 6.02. The number of benzene rings is 3. The van der Waals surface area contributed by atoms with Crippen LogP contribution in [0.2, 0.25) is 0 Å². The number of rotatable bonds is 7. The standard InChI is InChI=1S/C28H30N2O3/c1-4-33-24-15-13-22(14-16-24)19-30-26(31)25-8-6-5-7-23(25)17-28(30,3)27(32)29-18-21-11-9-20(2)10-12-21/h5-16H,4,17-19H2,1-3H3,(H,29,32)/t28-/m0/s1. The molecule has 1 aliphatic rings. The summed E-state index contributed by atoms with van der Waals surface area (Å²) in [7, 11) is 0. The van der Waals surface area contributed by atoms with Crippen molar-refractivity contribution >= 4 is 11.8 Å². The molecule has 170 valence electrons. The van der Waals surface area contributed by atoms with Gasteiger partial charge in [0.25, 0.3) is 5.91 Å². The third-order valence-electron chi connectivity index (χ3n) is 6.26. The minimum absolute atomic E-state index is 0.126. The largest absolute Gasteiger partial charge is 0.494 e. The fourth-order valence-corrected chi connectivity index (χ4v) is 4.29. The Hall–Kier alpha value is -3.60. The number of nitrogens with one attached hydrogen (secondary N) is 1. The zero-order valence-electron chi connectivity index (χ0n) is 19.4. The minimum Gasteiger partial charge on any atom is -0.494 e. The van der Waals surface area contributed by atoms with Gasteiger partial charge in [0.2, 0.25) is 5.91 Å². The summed E-state index contributed by atoms with van der Waals surface area (Å²) < 4.78 is 5.53. The van der Waals surface area contributed by atoms with Gasteiger partial charge in [0.15, 0.2) is 0 Å². The van der Waals surface area contributed by atoms with Gasteiger partial charge in [-0.15, -0.1) is 0 Å². The molecular weight excluding hydrogens is 412 g/mol. The van der Waals surface area contributed by atoms with Gasteiger partial charge < -0.3 is 15.0 Å². The van der Waals surface area contributed by atoms with Crippen LogP contribution < -0.4 is 10.1 Å². The van der Waals surface area contributed by atoms with Gasteiger partial charge in [0, 0.05) is 25.1 Å². The van der Waals surface area contributed by atoms with Gasteiger partial charge in [-0.05, 0) is 55.7 Å². The van der Waals surface area contributed by atoms with Crippen LogP contribution >= 0.6 is 0 Å². The van der Waals surface area contributed by atoms with Crippen molar-refractivity contribution in [2.45, 2.75) is 45.8 Å². The molecule has 0 aliphatic carbocycles. The number of carbonyl (C=O) groups is 2. The summed E-state index contributed by atoms with van der Waals surface area (Å²) in [6.45, 7) is 7.20. The van der Waals surface area contributed by atoms with Crippen molar-refractivity contribution in [1.82, 2.24) is 10.2 Å². The quantitative estimate of drug-likeness (QED) is 0.579. The number of fused-ring (bicyclic) bond motifs is 1. The number of aryl methyl sites for hydroxylation is 1. The average Bonchev–Trinajstić information content (AvgIpc) is 2.82. The van der Waals surface area contributed by atoms with Crippen LogP contribution in [0.25, 0.3) is 0 Å². The Balaban J connectivity index is 1.61. The zero-order chi connectivity index (χ0) is 23.4. The van der Waals surface area contributed by atoms with Crippen molar-refractivity contribution in [3.05, 3.63) is 101 Å². The highest BCUT2D eigenvalue weighted by Crippen LogP contribution is 2.33. The Bertz CT molecular complexity index is 1140. The van der Waals surface area contributed by atoms with Gasteiger partial charge in [-0.2, -0.15) is 0 Å². The van der Waals surface area contributed by atoms with Gasteiger partial charge in [0.05, 0.1) is 6.61 Å². The third-order valence-corrected chi connectivity index (χ3v) is 6.26. The summed E-state index contributed by atoms with van der Waals surface area (Å²) in [6, 6.07) is 23.3. The molecule has 1 aliphatic heterocycles. The Kier molecular flexibility index (Phi) is 6.50. The molecule has 3 aromatic carbocycles. The number of ether oxygens (including phenoxy) is 1. The van der Waals surface area contributed by atoms with E-state index in [2.05, 4.69) is 5.32 Å². The van der Waals surface area contributed by atoms with Gasteiger partial charge in [-0.3, -0.25) is 9.59 Å². The summed E-state index contributed by atoms with van der Waals surface area (Å²) in [6.07, 6.45) is 0.464. The Labute approximate surface area is 195 Å². The summed E-state index contributed by atoms with van der Waals surface area (Å²) in [5.74, 6) is 0.505. The molecular formula is C28H30N2O3. The van der Waals surface area contributed by atoms with Crippen LogP contribution in [0.15, 0.2) is 72.8 Å². The molecule has 1 atom stereocenters. The molecule has 4 rings (SSSR count). The van der Waals surface area contributed by atoms with Gasteiger partial charge >= 0.3 is 0 Å². The number of carbonyl (C=O) groups excluding carboxylic acids is 2. The lowest BCUT2D eigenvalue weighted by Crippen LogP contribution is -2.62. The number of hydrogen-bond acceptors (Lipinski definition) is 3. The molecule has 0 saturated carbocycles. The normalized spacial score (nSPS) is 17.4. The van der Waals surface area contributed by atoms with E-state index in [1.807, 2.05) is 93.6 Å². The van der Waals surface area contributed by atoms with E-state index in [1.165, 1.54) is 5.56 Å². The molecule has 0 bridgehead atoms. The van der Waals surface area contributed by atoms with Gasteiger partial charge in [-0.25, -0.2) is 0 Å². The van der Waals surface area contributed by atoms with Crippen LogP contribution in [0.5, 0.6) is 5.75 Å². The van der Waals surface area contributed by atoms with Crippen LogP contribution in [0, 0.1) is 6.92 Å². The van der Waals surface area contributed by atoms with E-state index in [0.29, 0.717) is 31.7 Å². The van der Waals surface area contributed by atoms with Crippen molar-refractivity contribution in [2.24, 2.45) is 0 Å². The first kappa shape index (κ1) is 22.6. The monoisotopic (exact) mass is 442 g/mol. The second-order valence-corrected chi connectivity index (χ2v) is 8.74. The fraction of sp³-hybridized carbons (Fsp3) is 0.286. The second-order valence-electron chi connectivity index (χ2n) is 8.74. The topological polar surface area (TPSA) is 58.6 Å². The van der Waals surface area contributed by atoms with E-state index >= 15 is 0 Å². The molecule has 1 heterocycles. The average molecular weight is 443 g/mol. The first-order valence-corrected chi connectivity index (χ1v) is 11.4. The van der Waals surface area contributed by atoms with E-state index in [0.717, 1.165) is 22.4 Å². The highest BCUT2D eigenvalue weighted by atomic mass is 16.5. The molecule has 5 nitrogen and oxygen atoms in total. The maximum atomic E-state index is 13.5. The lowest BCUT2D eigenvalue weighted by Gasteiger charge is -2.44. The van der Waals surface area contributed by atoms with Crippen molar-refractivity contribution < 1.29 is 14.3 Å². The molecule has 2 amide bonds. The summed E-state index contributed by atoms with van der Waals surface area (Å²) in [4.78, 5) is 28.8. The molecule has 33 heavy (non-hydrogen) atoms. The molecule has 5 heteroatoms. The molecule has 0 saturated heterocycles. The van der Waals surface area contributed by atoms with E-state index in [4.69, 9.17) is 4.74 Å². The maximum absolute atomic E-state index is 13.5. The van der Waals surface area contributed by atoms with Crippen LogP contribution in [0.1, 0.15) is 46.5 Å². The lowest BCUT2D eigenvalue weighted by molar-refractivity contribution is -0.132. The molecule has 0 radical (unpaired) electrons.